The van der Waals surface area contributed by atoms with Crippen molar-refractivity contribution in [3.05, 3.63) is 62.9 Å². The van der Waals surface area contributed by atoms with E-state index in [1.54, 1.807) is 12.1 Å². The van der Waals surface area contributed by atoms with Crippen molar-refractivity contribution in [3.63, 3.8) is 0 Å². The van der Waals surface area contributed by atoms with Crippen LogP contribution in [-0.4, -0.2) is 55.3 Å². The van der Waals surface area contributed by atoms with Crippen LogP contribution in [0.15, 0.2) is 36.5 Å². The first-order chi connectivity index (χ1) is 16.8. The first kappa shape index (κ1) is 25.2. The lowest BCUT2D eigenvalue weighted by Crippen LogP contribution is -2.45. The Labute approximate surface area is 218 Å². The van der Waals surface area contributed by atoms with E-state index in [9.17, 15) is 14.1 Å². The Morgan fingerprint density at radius 3 is 2.69 bits per heavy atom. The van der Waals surface area contributed by atoms with Gasteiger partial charge in [-0.05, 0) is 35.4 Å². The Morgan fingerprint density at radius 1 is 1.23 bits per heavy atom. The highest BCUT2D eigenvalue weighted by Gasteiger charge is 2.35. The number of carbonyl (C=O) groups excluding carboxylic acids is 2. The highest BCUT2D eigenvalue weighted by Crippen LogP contribution is 2.32. The summed E-state index contributed by atoms with van der Waals surface area (Å²) in [6.07, 6.45) is 6.41. The minimum absolute atomic E-state index is 0.00189. The van der Waals surface area contributed by atoms with E-state index < -0.39 is 23.0 Å². The Morgan fingerprint density at radius 2 is 2.00 bits per heavy atom. The number of nitrogens with one attached hydrogen (secondary N) is 2. The molecular weight excluding hydrogens is 537 g/mol. The van der Waals surface area contributed by atoms with E-state index in [-0.39, 0.29) is 56.4 Å². The predicted molar refractivity (Wildman–Crippen MR) is 134 cm³/mol. The third kappa shape index (κ3) is 5.66. The summed E-state index contributed by atoms with van der Waals surface area (Å²) in [4.78, 5) is 30.2. The van der Waals surface area contributed by atoms with Gasteiger partial charge in [-0.1, -0.05) is 40.7 Å². The van der Waals surface area contributed by atoms with Gasteiger partial charge in [0.25, 0.3) is 11.8 Å². The van der Waals surface area contributed by atoms with Crippen LogP contribution in [0.25, 0.3) is 5.82 Å². The number of hydrogen-bond acceptors (Lipinski definition) is 6. The molecule has 35 heavy (non-hydrogen) atoms. The van der Waals surface area contributed by atoms with E-state index in [4.69, 9.17) is 46.0 Å². The molecule has 0 spiro atoms. The van der Waals surface area contributed by atoms with E-state index >= 15 is 0 Å². The first-order valence-electron chi connectivity index (χ1n) is 10.0. The Kier molecular flexibility index (Phi) is 7.74. The third-order valence-electron chi connectivity index (χ3n) is 4.78. The number of rotatable bonds is 7. The summed E-state index contributed by atoms with van der Waals surface area (Å²) in [5.74, 6) is 2.08. The minimum atomic E-state index is -0.932. The van der Waals surface area contributed by atoms with Crippen LogP contribution in [0.1, 0.15) is 20.8 Å². The molecule has 0 aliphatic carbocycles. The lowest BCUT2D eigenvalue weighted by atomic mass is 10.1. The van der Waals surface area contributed by atoms with Crippen molar-refractivity contribution in [2.75, 3.05) is 23.4 Å². The van der Waals surface area contributed by atoms with Gasteiger partial charge >= 0.3 is 0 Å². The van der Waals surface area contributed by atoms with Gasteiger partial charge in [-0.2, -0.15) is 0 Å². The number of aromatic nitrogens is 3. The van der Waals surface area contributed by atoms with Crippen molar-refractivity contribution in [1.82, 2.24) is 20.1 Å². The molecule has 13 heteroatoms. The van der Waals surface area contributed by atoms with Gasteiger partial charge < -0.3 is 19.9 Å². The molecule has 0 saturated carbocycles. The van der Waals surface area contributed by atoms with Crippen LogP contribution in [0.2, 0.25) is 15.1 Å². The molecule has 4 rings (SSSR count). The topological polar surface area (TPSA) is 121 Å². The van der Waals surface area contributed by atoms with Gasteiger partial charge in [-0.15, -0.1) is 11.5 Å². The van der Waals surface area contributed by atoms with Gasteiger partial charge in [0.2, 0.25) is 5.88 Å². The number of anilines is 1. The molecule has 1 saturated heterocycles. The van der Waals surface area contributed by atoms with Gasteiger partial charge in [0, 0.05) is 17.3 Å². The quantitative estimate of drug-likeness (QED) is 0.343. The van der Waals surface area contributed by atoms with E-state index in [2.05, 4.69) is 26.6 Å². The molecule has 3 aromatic rings. The van der Waals surface area contributed by atoms with Gasteiger partial charge in [0.15, 0.2) is 11.9 Å². The second-order valence-electron chi connectivity index (χ2n) is 7.25. The number of terminal acetylenes is 1. The maximum Gasteiger partial charge on any atom is 0.274 e. The Bertz CT molecular complexity index is 1340. The number of amides is 2. The smallest absolute Gasteiger partial charge is 0.274 e. The largest absolute Gasteiger partial charge is 0.616 e. The summed E-state index contributed by atoms with van der Waals surface area (Å²) < 4.78 is 18.4. The Hall–Kier alpha value is -2.94. The Balaban J connectivity index is 1.70. The van der Waals surface area contributed by atoms with E-state index in [1.165, 1.54) is 29.1 Å². The molecule has 1 aromatic carbocycles. The van der Waals surface area contributed by atoms with Crippen molar-refractivity contribution in [3.8, 4) is 24.0 Å². The van der Waals surface area contributed by atoms with E-state index in [0.29, 0.717) is 11.5 Å². The molecule has 3 heterocycles. The molecule has 1 aliphatic heterocycles. The lowest BCUT2D eigenvalue weighted by molar-refractivity contribution is 0.0959. The fourth-order valence-corrected chi connectivity index (χ4v) is 4.77. The minimum Gasteiger partial charge on any atom is -0.616 e. The van der Waals surface area contributed by atoms with E-state index in [1.807, 2.05) is 0 Å². The molecule has 0 radical (unpaired) electrons. The van der Waals surface area contributed by atoms with Gasteiger partial charge in [-0.3, -0.25) is 9.59 Å². The molecule has 2 amide bonds. The molecule has 1 aliphatic rings. The normalized spacial score (nSPS) is 16.7. The number of hydrogen-bond donors (Lipinski definition) is 2. The maximum absolute atomic E-state index is 13.4. The highest BCUT2D eigenvalue weighted by atomic mass is 35.5. The molecule has 180 valence electrons. The second kappa shape index (κ2) is 10.8. The van der Waals surface area contributed by atoms with Crippen molar-refractivity contribution in [1.29, 1.82) is 0 Å². The fraction of sp³-hybridized carbons (Fsp3) is 0.182. The number of halogens is 3. The number of ether oxygens (including phenoxy) is 1. The van der Waals surface area contributed by atoms with Crippen molar-refractivity contribution in [2.45, 2.75) is 6.10 Å². The zero-order valence-corrected chi connectivity index (χ0v) is 20.8. The van der Waals surface area contributed by atoms with Crippen LogP contribution in [0, 0.1) is 12.3 Å². The van der Waals surface area contributed by atoms with Crippen LogP contribution in [0.4, 0.5) is 5.69 Å². The molecule has 2 aromatic heterocycles. The molecule has 2 N–H and O–H groups in total. The molecule has 0 atom stereocenters. The summed E-state index contributed by atoms with van der Waals surface area (Å²) >= 11 is 17.7. The lowest BCUT2D eigenvalue weighted by Gasteiger charge is -2.27. The fourth-order valence-electron chi connectivity index (χ4n) is 3.16. The summed E-state index contributed by atoms with van der Waals surface area (Å²) in [6.45, 7) is -0.0338. The molecule has 1 fully saturated rings. The van der Waals surface area contributed by atoms with Crippen LogP contribution >= 0.6 is 34.8 Å². The molecule has 0 unspecified atom stereocenters. The summed E-state index contributed by atoms with van der Waals surface area (Å²) in [5.41, 5.74) is 0.0378. The van der Waals surface area contributed by atoms with E-state index in [0.717, 1.165) is 0 Å². The summed E-state index contributed by atoms with van der Waals surface area (Å²) in [5, 5.41) is 9.92. The SMILES string of the molecule is C#CCNC(=O)c1cc(Cl)cc(Cl)c1NC(=O)c1cc(OC2C[S+]([O-])C2)nn1-c1ncccc1Cl. The number of carbonyl (C=O) groups is 2. The van der Waals surface area contributed by atoms with Gasteiger partial charge in [0.1, 0.15) is 17.2 Å². The predicted octanol–water partition coefficient (Wildman–Crippen LogP) is 3.35. The highest BCUT2D eigenvalue weighted by molar-refractivity contribution is 7.92. The average Bonchev–Trinajstić information content (AvgIpc) is 3.22. The molecule has 0 bridgehead atoms. The van der Waals surface area contributed by atoms with Crippen LogP contribution in [0.3, 0.4) is 0 Å². The zero-order valence-electron chi connectivity index (χ0n) is 17.8. The number of pyridine rings is 1. The van der Waals surface area contributed by atoms with Crippen LogP contribution in [-0.2, 0) is 11.2 Å². The second-order valence-corrected chi connectivity index (χ2v) is 10.0. The third-order valence-corrected chi connectivity index (χ3v) is 7.08. The number of nitrogens with zero attached hydrogens (tertiary/aromatic N) is 3. The molecule has 9 nitrogen and oxygen atoms in total. The standard InChI is InChI=1S/C22H16Cl3N5O4S/c1-2-5-27-21(31)14-7-12(23)8-16(25)19(14)28-22(32)17-9-18(34-13-10-35(33)11-13)29-30(17)20-15(24)4-3-6-26-20/h1,3-4,6-9,13H,5,10-11H2,(H,27,31)(H,28,32). The molecular formula is C22H16Cl3N5O4S. The summed E-state index contributed by atoms with van der Waals surface area (Å²) in [7, 11) is 0. The monoisotopic (exact) mass is 551 g/mol. The van der Waals surface area contributed by atoms with Crippen LogP contribution < -0.4 is 15.4 Å². The van der Waals surface area contributed by atoms with Gasteiger partial charge in [-0.25, -0.2) is 9.67 Å². The zero-order chi connectivity index (χ0) is 25.1. The summed E-state index contributed by atoms with van der Waals surface area (Å²) in [6, 6.07) is 7.35. The van der Waals surface area contributed by atoms with Crippen molar-refractivity contribution >= 4 is 63.5 Å². The van der Waals surface area contributed by atoms with Crippen molar-refractivity contribution in [2.24, 2.45) is 0 Å². The average molecular weight is 553 g/mol. The van der Waals surface area contributed by atoms with Crippen molar-refractivity contribution < 1.29 is 18.9 Å². The number of benzene rings is 1. The van der Waals surface area contributed by atoms with Gasteiger partial charge in [0.05, 0.1) is 27.8 Å². The van der Waals surface area contributed by atoms with Crippen LogP contribution in [0.5, 0.6) is 5.88 Å². The maximum atomic E-state index is 13.4. The first-order valence-corrected chi connectivity index (χ1v) is 12.6.